The van der Waals surface area contributed by atoms with Crippen molar-refractivity contribution in [2.75, 3.05) is 0 Å². The van der Waals surface area contributed by atoms with Gasteiger partial charge in [-0.15, -0.1) is 0 Å². The molecule has 0 saturated heterocycles. The zero-order chi connectivity index (χ0) is 21.8. The summed E-state index contributed by atoms with van der Waals surface area (Å²) < 4.78 is 0. The maximum Gasteiger partial charge on any atom is 0.193 e. The number of rotatable bonds is 8. The lowest BCUT2D eigenvalue weighted by atomic mass is 9.92. The van der Waals surface area contributed by atoms with Gasteiger partial charge in [0.25, 0.3) is 0 Å². The molecule has 2 nitrogen and oxygen atoms in total. The van der Waals surface area contributed by atoms with Crippen LogP contribution in [0.5, 0.6) is 0 Å². The summed E-state index contributed by atoms with van der Waals surface area (Å²) in [6.07, 6.45) is 5.31. The van der Waals surface area contributed by atoms with Crippen molar-refractivity contribution in [2.45, 2.75) is 40.0 Å². The summed E-state index contributed by atoms with van der Waals surface area (Å²) in [7, 11) is 0. The second-order valence-electron chi connectivity index (χ2n) is 9.20. The normalized spacial score (nSPS) is 12.4. The number of fused-ring (bicyclic) bond motifs is 1. The summed E-state index contributed by atoms with van der Waals surface area (Å²) in [6, 6.07) is 24.4. The molecule has 1 atom stereocenters. The topological polar surface area (TPSA) is 32.9 Å². The first kappa shape index (κ1) is 21.1. The van der Waals surface area contributed by atoms with E-state index in [9.17, 15) is 4.79 Å². The third-order valence-corrected chi connectivity index (χ3v) is 5.88. The van der Waals surface area contributed by atoms with E-state index in [4.69, 9.17) is 0 Å². The van der Waals surface area contributed by atoms with Gasteiger partial charge in [0.05, 0.1) is 0 Å². The molecule has 3 aromatic carbocycles. The van der Waals surface area contributed by atoms with Gasteiger partial charge in [-0.25, -0.2) is 0 Å². The van der Waals surface area contributed by atoms with Crippen LogP contribution >= 0.6 is 0 Å². The summed E-state index contributed by atoms with van der Waals surface area (Å²) in [4.78, 5) is 16.0. The minimum absolute atomic E-state index is 0.0799. The van der Waals surface area contributed by atoms with Gasteiger partial charge in [-0.1, -0.05) is 87.5 Å². The van der Waals surface area contributed by atoms with Gasteiger partial charge in [0, 0.05) is 28.2 Å². The maximum atomic E-state index is 12.6. The van der Waals surface area contributed by atoms with Crippen molar-refractivity contribution in [3.05, 3.63) is 107 Å². The smallest absolute Gasteiger partial charge is 0.193 e. The molecule has 0 aliphatic heterocycles. The monoisotopic (exact) mass is 409 g/mol. The molecule has 158 valence electrons. The van der Waals surface area contributed by atoms with Crippen LogP contribution in [0, 0.1) is 11.8 Å². The molecule has 31 heavy (non-hydrogen) atoms. The third-order valence-electron chi connectivity index (χ3n) is 5.88. The molecule has 0 fully saturated rings. The molecular formula is C29H31NO. The van der Waals surface area contributed by atoms with Gasteiger partial charge in [-0.2, -0.15) is 0 Å². The standard InChI is InChI=1S/C29H31NO/c1-20(2)15-26-19-30-28-18-23(11-14-27(26)28)17-21(3)16-22-9-12-25(13-10-22)29(31)24-7-5-4-6-8-24/h4-14,18-21,30H,15-17H2,1-3H3/t21-/m1/s1. The zero-order valence-electron chi connectivity index (χ0n) is 18.7. The van der Waals surface area contributed by atoms with Crippen molar-refractivity contribution in [3.8, 4) is 0 Å². The Balaban J connectivity index is 1.39. The van der Waals surface area contributed by atoms with E-state index in [2.05, 4.69) is 62.3 Å². The molecule has 0 aliphatic rings. The van der Waals surface area contributed by atoms with E-state index in [1.54, 1.807) is 0 Å². The Morgan fingerprint density at radius 3 is 2.13 bits per heavy atom. The summed E-state index contributed by atoms with van der Waals surface area (Å²) in [6.45, 7) is 6.82. The molecule has 0 aliphatic carbocycles. The third kappa shape index (κ3) is 5.14. The highest BCUT2D eigenvalue weighted by Crippen LogP contribution is 2.24. The molecule has 1 N–H and O–H groups in total. The lowest BCUT2D eigenvalue weighted by Crippen LogP contribution is -2.05. The first-order chi connectivity index (χ1) is 15.0. The van der Waals surface area contributed by atoms with Gasteiger partial charge in [0.1, 0.15) is 0 Å². The fourth-order valence-corrected chi connectivity index (χ4v) is 4.39. The van der Waals surface area contributed by atoms with Crippen LogP contribution < -0.4 is 0 Å². The summed E-state index contributed by atoms with van der Waals surface area (Å²) in [5.41, 5.74) is 6.78. The van der Waals surface area contributed by atoms with Crippen molar-refractivity contribution >= 4 is 16.7 Å². The summed E-state index contributed by atoms with van der Waals surface area (Å²) in [5, 5.41) is 1.35. The van der Waals surface area contributed by atoms with E-state index in [-0.39, 0.29) is 5.78 Å². The highest BCUT2D eigenvalue weighted by Gasteiger charge is 2.11. The fraction of sp³-hybridized carbons (Fsp3) is 0.276. The molecule has 4 rings (SSSR count). The molecule has 2 heteroatoms. The number of carbonyl (C=O) groups is 1. The molecule has 1 heterocycles. The number of aromatic amines is 1. The fourth-order valence-electron chi connectivity index (χ4n) is 4.39. The quantitative estimate of drug-likeness (QED) is 0.312. The lowest BCUT2D eigenvalue weighted by Gasteiger charge is -2.12. The molecule has 0 saturated carbocycles. The van der Waals surface area contributed by atoms with Crippen LogP contribution in [0.4, 0.5) is 0 Å². The second kappa shape index (κ2) is 9.34. The van der Waals surface area contributed by atoms with Crippen molar-refractivity contribution in [1.29, 1.82) is 0 Å². The van der Waals surface area contributed by atoms with Gasteiger partial charge in [0.2, 0.25) is 0 Å². The first-order valence-electron chi connectivity index (χ1n) is 11.3. The Morgan fingerprint density at radius 1 is 0.774 bits per heavy atom. The number of hydrogen-bond donors (Lipinski definition) is 1. The Bertz CT molecular complexity index is 1150. The van der Waals surface area contributed by atoms with Crippen LogP contribution in [0.25, 0.3) is 10.9 Å². The van der Waals surface area contributed by atoms with Crippen LogP contribution in [0.15, 0.2) is 79.0 Å². The SMILES string of the molecule is CC(C)Cc1c[nH]c2cc(C[C@H](C)Cc3ccc(C(=O)c4ccccc4)cc3)ccc12. The molecule has 0 amide bonds. The summed E-state index contributed by atoms with van der Waals surface area (Å²) in [5.74, 6) is 1.27. The average molecular weight is 410 g/mol. The lowest BCUT2D eigenvalue weighted by molar-refractivity contribution is 0.103. The molecule has 1 aromatic heterocycles. The molecule has 0 unspecified atom stereocenters. The number of ketones is 1. The number of carbonyl (C=O) groups excluding carboxylic acids is 1. The Labute approximate surface area is 185 Å². The number of nitrogens with one attached hydrogen (secondary N) is 1. The van der Waals surface area contributed by atoms with Crippen LogP contribution in [0.1, 0.15) is 53.4 Å². The van der Waals surface area contributed by atoms with Crippen LogP contribution in [0.2, 0.25) is 0 Å². The Morgan fingerprint density at radius 2 is 1.42 bits per heavy atom. The molecule has 0 radical (unpaired) electrons. The number of hydrogen-bond acceptors (Lipinski definition) is 1. The molecule has 0 spiro atoms. The minimum atomic E-state index is 0.0799. The van der Waals surface area contributed by atoms with Crippen LogP contribution in [-0.2, 0) is 19.3 Å². The van der Waals surface area contributed by atoms with Gasteiger partial charge < -0.3 is 4.98 Å². The van der Waals surface area contributed by atoms with E-state index in [0.29, 0.717) is 11.8 Å². The molecule has 0 bridgehead atoms. The molecule has 4 aromatic rings. The van der Waals surface area contributed by atoms with Crippen LogP contribution in [0.3, 0.4) is 0 Å². The number of aromatic nitrogens is 1. The van der Waals surface area contributed by atoms with Gasteiger partial charge in [0.15, 0.2) is 5.78 Å². The molecular weight excluding hydrogens is 378 g/mol. The van der Waals surface area contributed by atoms with Crippen molar-refractivity contribution < 1.29 is 4.79 Å². The zero-order valence-corrected chi connectivity index (χ0v) is 18.7. The van der Waals surface area contributed by atoms with Gasteiger partial charge >= 0.3 is 0 Å². The number of benzene rings is 3. The second-order valence-corrected chi connectivity index (χ2v) is 9.20. The van der Waals surface area contributed by atoms with E-state index in [0.717, 1.165) is 30.4 Å². The van der Waals surface area contributed by atoms with E-state index < -0.39 is 0 Å². The predicted molar refractivity (Wildman–Crippen MR) is 130 cm³/mol. The Hall–Kier alpha value is -3.13. The van der Waals surface area contributed by atoms with E-state index in [1.807, 2.05) is 42.5 Å². The van der Waals surface area contributed by atoms with Crippen LogP contribution in [-0.4, -0.2) is 10.8 Å². The average Bonchev–Trinajstić information content (AvgIpc) is 3.15. The van der Waals surface area contributed by atoms with Crippen molar-refractivity contribution in [1.82, 2.24) is 4.98 Å². The largest absolute Gasteiger partial charge is 0.361 e. The maximum absolute atomic E-state index is 12.6. The predicted octanol–water partition coefficient (Wildman–Crippen LogP) is 7.02. The van der Waals surface area contributed by atoms with Crippen molar-refractivity contribution in [3.63, 3.8) is 0 Å². The minimum Gasteiger partial charge on any atom is -0.361 e. The Kier molecular flexibility index (Phi) is 6.36. The number of H-pyrrole nitrogens is 1. The highest BCUT2D eigenvalue weighted by molar-refractivity contribution is 6.08. The van der Waals surface area contributed by atoms with E-state index in [1.165, 1.54) is 27.6 Å². The summed E-state index contributed by atoms with van der Waals surface area (Å²) >= 11 is 0. The van der Waals surface area contributed by atoms with E-state index >= 15 is 0 Å². The van der Waals surface area contributed by atoms with Gasteiger partial charge in [-0.3, -0.25) is 4.79 Å². The van der Waals surface area contributed by atoms with Crippen molar-refractivity contribution in [2.24, 2.45) is 11.8 Å². The first-order valence-corrected chi connectivity index (χ1v) is 11.3. The van der Waals surface area contributed by atoms with Gasteiger partial charge in [-0.05, 0) is 53.9 Å². The highest BCUT2D eigenvalue weighted by atomic mass is 16.1.